The number of hydrogen-bond donors (Lipinski definition) is 1. The highest BCUT2D eigenvalue weighted by molar-refractivity contribution is 5.62. The Kier molecular flexibility index (Phi) is 20.0. The zero-order valence-electron chi connectivity index (χ0n) is 14.3. The SMILES string of the molecule is CC(=O)O.CCCCCCCCCCCCCN(C)C. The van der Waals surface area contributed by atoms with Crippen molar-refractivity contribution in [3.05, 3.63) is 0 Å². The van der Waals surface area contributed by atoms with Gasteiger partial charge in [-0.05, 0) is 27.1 Å². The van der Waals surface area contributed by atoms with Crippen molar-refractivity contribution >= 4 is 5.97 Å². The van der Waals surface area contributed by atoms with Crippen LogP contribution in [0.15, 0.2) is 0 Å². The van der Waals surface area contributed by atoms with Gasteiger partial charge in [0.1, 0.15) is 0 Å². The first-order valence-electron chi connectivity index (χ1n) is 8.35. The van der Waals surface area contributed by atoms with Crippen LogP contribution in [-0.4, -0.2) is 36.6 Å². The second-order valence-electron chi connectivity index (χ2n) is 5.86. The van der Waals surface area contributed by atoms with Crippen LogP contribution in [0.5, 0.6) is 0 Å². The molecule has 3 heteroatoms. The van der Waals surface area contributed by atoms with Gasteiger partial charge in [0.2, 0.25) is 0 Å². The summed E-state index contributed by atoms with van der Waals surface area (Å²) < 4.78 is 0. The maximum Gasteiger partial charge on any atom is 0.300 e. The monoisotopic (exact) mass is 287 g/mol. The summed E-state index contributed by atoms with van der Waals surface area (Å²) in [5.41, 5.74) is 0. The molecule has 3 nitrogen and oxygen atoms in total. The number of carboxylic acids is 1. The zero-order valence-corrected chi connectivity index (χ0v) is 14.3. The molecule has 0 aliphatic carbocycles. The first kappa shape index (κ1) is 21.7. The van der Waals surface area contributed by atoms with Gasteiger partial charge in [-0.15, -0.1) is 0 Å². The number of nitrogens with zero attached hydrogens (tertiary/aromatic N) is 1. The van der Waals surface area contributed by atoms with Crippen LogP contribution >= 0.6 is 0 Å². The topological polar surface area (TPSA) is 40.5 Å². The molecule has 0 aromatic carbocycles. The second-order valence-corrected chi connectivity index (χ2v) is 5.86. The lowest BCUT2D eigenvalue weighted by Gasteiger charge is -2.08. The van der Waals surface area contributed by atoms with Crippen LogP contribution < -0.4 is 0 Å². The molecule has 0 atom stereocenters. The van der Waals surface area contributed by atoms with E-state index in [0.717, 1.165) is 6.92 Å². The summed E-state index contributed by atoms with van der Waals surface area (Å²) in [6, 6.07) is 0. The fourth-order valence-corrected chi connectivity index (χ4v) is 2.09. The molecule has 0 spiro atoms. The standard InChI is InChI=1S/C15H33N.C2H4O2/c1-4-5-6-7-8-9-10-11-12-13-14-15-16(2)3;1-2(3)4/h4-15H2,1-3H3;1H3,(H,3,4). The number of carboxylic acid groups (broad SMARTS) is 1. The molecule has 0 aromatic heterocycles. The minimum atomic E-state index is -0.833. The molecular formula is C17H37NO2. The molecule has 0 aromatic rings. The summed E-state index contributed by atoms with van der Waals surface area (Å²) in [5.74, 6) is -0.833. The van der Waals surface area contributed by atoms with Crippen molar-refractivity contribution < 1.29 is 9.90 Å². The molecule has 0 heterocycles. The average molecular weight is 287 g/mol. The van der Waals surface area contributed by atoms with Crippen molar-refractivity contribution in [2.45, 2.75) is 84.5 Å². The van der Waals surface area contributed by atoms with Crippen molar-refractivity contribution in [3.63, 3.8) is 0 Å². The van der Waals surface area contributed by atoms with E-state index in [1.54, 1.807) is 0 Å². The molecule has 0 fully saturated rings. The third-order valence-electron chi connectivity index (χ3n) is 3.21. The Morgan fingerprint density at radius 1 is 0.800 bits per heavy atom. The van der Waals surface area contributed by atoms with Gasteiger partial charge in [0.25, 0.3) is 5.97 Å². The molecular weight excluding hydrogens is 250 g/mol. The molecule has 0 unspecified atom stereocenters. The van der Waals surface area contributed by atoms with Crippen LogP contribution in [-0.2, 0) is 4.79 Å². The number of hydrogen-bond acceptors (Lipinski definition) is 2. The van der Waals surface area contributed by atoms with E-state index in [4.69, 9.17) is 9.90 Å². The molecule has 1 N–H and O–H groups in total. The maximum absolute atomic E-state index is 9.00. The van der Waals surface area contributed by atoms with E-state index in [0.29, 0.717) is 0 Å². The van der Waals surface area contributed by atoms with Gasteiger partial charge in [-0.1, -0.05) is 71.1 Å². The Morgan fingerprint density at radius 2 is 1.10 bits per heavy atom. The normalized spacial score (nSPS) is 10.2. The minimum Gasteiger partial charge on any atom is -0.481 e. The first-order chi connectivity index (χ1) is 9.50. The van der Waals surface area contributed by atoms with Crippen molar-refractivity contribution in [2.24, 2.45) is 0 Å². The van der Waals surface area contributed by atoms with E-state index in [2.05, 4.69) is 25.9 Å². The highest BCUT2D eigenvalue weighted by Crippen LogP contribution is 2.11. The van der Waals surface area contributed by atoms with Gasteiger partial charge < -0.3 is 10.0 Å². The van der Waals surface area contributed by atoms with E-state index in [9.17, 15) is 0 Å². The van der Waals surface area contributed by atoms with Gasteiger partial charge in [-0.25, -0.2) is 0 Å². The first-order valence-corrected chi connectivity index (χ1v) is 8.35. The third-order valence-corrected chi connectivity index (χ3v) is 3.21. The molecule has 0 rings (SSSR count). The van der Waals surface area contributed by atoms with Crippen molar-refractivity contribution in [2.75, 3.05) is 20.6 Å². The fraction of sp³-hybridized carbons (Fsp3) is 0.941. The lowest BCUT2D eigenvalue weighted by atomic mass is 10.1. The van der Waals surface area contributed by atoms with Crippen LogP contribution in [0.3, 0.4) is 0 Å². The van der Waals surface area contributed by atoms with Gasteiger partial charge in [0.15, 0.2) is 0 Å². The molecule has 0 saturated carbocycles. The summed E-state index contributed by atoms with van der Waals surface area (Å²) in [4.78, 5) is 11.3. The van der Waals surface area contributed by atoms with E-state index in [1.165, 1.54) is 77.2 Å². The lowest BCUT2D eigenvalue weighted by molar-refractivity contribution is -0.134. The minimum absolute atomic E-state index is 0.833. The highest BCUT2D eigenvalue weighted by Gasteiger charge is 1.93. The molecule has 122 valence electrons. The number of aliphatic carboxylic acids is 1. The largest absolute Gasteiger partial charge is 0.481 e. The second kappa shape index (κ2) is 18.4. The summed E-state index contributed by atoms with van der Waals surface area (Å²) in [6.45, 7) is 4.63. The third kappa shape index (κ3) is 30.5. The number of unbranched alkanes of at least 4 members (excludes halogenated alkanes) is 10. The van der Waals surface area contributed by atoms with Gasteiger partial charge >= 0.3 is 0 Å². The highest BCUT2D eigenvalue weighted by atomic mass is 16.4. The Hall–Kier alpha value is -0.570. The maximum atomic E-state index is 9.00. The van der Waals surface area contributed by atoms with Gasteiger partial charge in [0, 0.05) is 6.92 Å². The average Bonchev–Trinajstić information content (AvgIpc) is 2.35. The van der Waals surface area contributed by atoms with Crippen LogP contribution in [0.25, 0.3) is 0 Å². The van der Waals surface area contributed by atoms with Crippen LogP contribution in [0.2, 0.25) is 0 Å². The van der Waals surface area contributed by atoms with Gasteiger partial charge in [-0.3, -0.25) is 4.79 Å². The summed E-state index contributed by atoms with van der Waals surface area (Å²) in [7, 11) is 4.33. The molecule has 0 saturated heterocycles. The van der Waals surface area contributed by atoms with Crippen LogP contribution in [0, 0.1) is 0 Å². The van der Waals surface area contributed by atoms with Crippen molar-refractivity contribution in [1.82, 2.24) is 4.90 Å². The number of carbonyl (C=O) groups is 1. The van der Waals surface area contributed by atoms with Gasteiger partial charge in [0.05, 0.1) is 0 Å². The molecule has 0 amide bonds. The lowest BCUT2D eigenvalue weighted by Crippen LogP contribution is -2.12. The van der Waals surface area contributed by atoms with E-state index >= 15 is 0 Å². The van der Waals surface area contributed by atoms with Gasteiger partial charge in [-0.2, -0.15) is 0 Å². The fourth-order valence-electron chi connectivity index (χ4n) is 2.09. The van der Waals surface area contributed by atoms with Crippen LogP contribution in [0.1, 0.15) is 84.5 Å². The smallest absolute Gasteiger partial charge is 0.300 e. The van der Waals surface area contributed by atoms with E-state index in [1.807, 2.05) is 0 Å². The Bertz CT molecular complexity index is 189. The van der Waals surface area contributed by atoms with E-state index in [-0.39, 0.29) is 0 Å². The summed E-state index contributed by atoms with van der Waals surface area (Å²) in [6.07, 6.45) is 15.8. The quantitative estimate of drug-likeness (QED) is 0.516. The van der Waals surface area contributed by atoms with E-state index < -0.39 is 5.97 Å². The Morgan fingerprint density at radius 3 is 1.40 bits per heavy atom. The summed E-state index contributed by atoms with van der Waals surface area (Å²) >= 11 is 0. The Balaban J connectivity index is 0. The predicted octanol–water partition coefficient (Wildman–Crippen LogP) is 4.95. The molecule has 0 bridgehead atoms. The molecule has 0 aliphatic heterocycles. The van der Waals surface area contributed by atoms with Crippen molar-refractivity contribution in [1.29, 1.82) is 0 Å². The molecule has 0 aliphatic rings. The summed E-state index contributed by atoms with van der Waals surface area (Å²) in [5, 5.41) is 7.42. The number of rotatable bonds is 12. The molecule has 0 radical (unpaired) electrons. The van der Waals surface area contributed by atoms with Crippen LogP contribution in [0.4, 0.5) is 0 Å². The zero-order chi connectivity index (χ0) is 15.6. The predicted molar refractivity (Wildman–Crippen MR) is 88.3 cm³/mol. The van der Waals surface area contributed by atoms with Crippen molar-refractivity contribution in [3.8, 4) is 0 Å². The Labute approximate surface area is 126 Å². The molecule has 20 heavy (non-hydrogen) atoms.